The van der Waals surface area contributed by atoms with Gasteiger partial charge in [0, 0.05) is 6.20 Å². The summed E-state index contributed by atoms with van der Waals surface area (Å²) >= 11 is 0. The lowest BCUT2D eigenvalue weighted by atomic mass is 10.1. The topological polar surface area (TPSA) is 41.1 Å². The molecule has 0 unspecified atom stereocenters. The zero-order chi connectivity index (χ0) is 16.0. The molecule has 3 nitrogen and oxygen atoms in total. The largest absolute Gasteiger partial charge is 0.418 e. The molecule has 0 aliphatic rings. The van der Waals surface area contributed by atoms with Crippen LogP contribution in [0.15, 0.2) is 60.8 Å². The number of anilines is 1. The van der Waals surface area contributed by atoms with Gasteiger partial charge < -0.3 is 10.6 Å². The summed E-state index contributed by atoms with van der Waals surface area (Å²) in [5.74, 6) is 0. The Balaban J connectivity index is 2.00. The van der Waals surface area contributed by atoms with Crippen molar-refractivity contribution >= 4 is 17.8 Å². The lowest BCUT2D eigenvalue weighted by Gasteiger charge is -2.13. The predicted octanol–water partition coefficient (Wildman–Crippen LogP) is 4.50. The lowest BCUT2D eigenvalue weighted by molar-refractivity contribution is -0.136. The third-order valence-electron chi connectivity index (χ3n) is 2.77. The van der Waals surface area contributed by atoms with Crippen LogP contribution in [0.4, 0.5) is 23.7 Å². The Morgan fingerprint density at radius 1 is 0.955 bits per heavy atom. The van der Waals surface area contributed by atoms with Gasteiger partial charge in [0.1, 0.15) is 0 Å². The van der Waals surface area contributed by atoms with E-state index < -0.39 is 17.8 Å². The summed E-state index contributed by atoms with van der Waals surface area (Å²) in [6, 6.07) is 13.2. The van der Waals surface area contributed by atoms with E-state index in [2.05, 4.69) is 10.6 Å². The number of hydrogen-bond acceptors (Lipinski definition) is 1. The van der Waals surface area contributed by atoms with Crippen molar-refractivity contribution in [1.82, 2.24) is 5.32 Å². The molecule has 2 amide bonds. The van der Waals surface area contributed by atoms with E-state index in [0.29, 0.717) is 0 Å². The maximum absolute atomic E-state index is 12.8. The monoisotopic (exact) mass is 306 g/mol. The number of carbonyl (C=O) groups is 1. The molecule has 2 aromatic rings. The third-order valence-corrected chi connectivity index (χ3v) is 2.77. The van der Waals surface area contributed by atoms with E-state index in [-0.39, 0.29) is 5.69 Å². The van der Waals surface area contributed by atoms with Gasteiger partial charge in [0.2, 0.25) is 0 Å². The summed E-state index contributed by atoms with van der Waals surface area (Å²) < 4.78 is 38.4. The molecular weight excluding hydrogens is 293 g/mol. The second-order valence-corrected chi connectivity index (χ2v) is 4.39. The highest BCUT2D eigenvalue weighted by Gasteiger charge is 2.33. The van der Waals surface area contributed by atoms with E-state index in [1.54, 1.807) is 6.08 Å². The van der Waals surface area contributed by atoms with Crippen LogP contribution in [0.3, 0.4) is 0 Å². The van der Waals surface area contributed by atoms with Gasteiger partial charge in [-0.05, 0) is 23.8 Å². The molecule has 0 radical (unpaired) electrons. The van der Waals surface area contributed by atoms with E-state index in [1.807, 2.05) is 30.3 Å². The Morgan fingerprint density at radius 2 is 1.59 bits per heavy atom. The first kappa shape index (κ1) is 15.6. The lowest BCUT2D eigenvalue weighted by Crippen LogP contribution is -2.25. The molecule has 2 rings (SSSR count). The number of rotatable bonds is 3. The molecule has 0 aliphatic carbocycles. The van der Waals surface area contributed by atoms with E-state index in [9.17, 15) is 18.0 Å². The molecule has 22 heavy (non-hydrogen) atoms. The number of para-hydroxylation sites is 1. The zero-order valence-corrected chi connectivity index (χ0v) is 11.4. The van der Waals surface area contributed by atoms with E-state index in [0.717, 1.165) is 11.6 Å². The highest BCUT2D eigenvalue weighted by Crippen LogP contribution is 2.34. The third kappa shape index (κ3) is 4.37. The molecule has 0 heterocycles. The number of benzene rings is 2. The minimum Gasteiger partial charge on any atom is -0.314 e. The SMILES string of the molecule is O=C(N/C=C/c1ccccc1)Nc1ccccc1C(F)(F)F. The fourth-order valence-corrected chi connectivity index (χ4v) is 1.78. The first-order chi connectivity index (χ1) is 10.5. The molecule has 114 valence electrons. The number of halogens is 3. The fraction of sp³-hybridized carbons (Fsp3) is 0.0625. The van der Waals surface area contributed by atoms with Gasteiger partial charge in [-0.25, -0.2) is 4.79 Å². The van der Waals surface area contributed by atoms with Crippen molar-refractivity contribution in [2.24, 2.45) is 0 Å². The van der Waals surface area contributed by atoms with Crippen LogP contribution >= 0.6 is 0 Å². The van der Waals surface area contributed by atoms with Crippen LogP contribution in [-0.2, 0) is 6.18 Å². The quantitative estimate of drug-likeness (QED) is 0.861. The molecule has 0 bridgehead atoms. The molecule has 0 saturated carbocycles. The minimum atomic E-state index is -4.52. The smallest absolute Gasteiger partial charge is 0.314 e. The van der Waals surface area contributed by atoms with Crippen LogP contribution in [0, 0.1) is 0 Å². The Hall–Kier alpha value is -2.76. The first-order valence-corrected chi connectivity index (χ1v) is 6.42. The average Bonchev–Trinajstić information content (AvgIpc) is 2.48. The summed E-state index contributed by atoms with van der Waals surface area (Å²) in [5.41, 5.74) is -0.323. The second-order valence-electron chi connectivity index (χ2n) is 4.39. The number of hydrogen-bond donors (Lipinski definition) is 2. The fourth-order valence-electron chi connectivity index (χ4n) is 1.78. The van der Waals surface area contributed by atoms with Crippen LogP contribution in [-0.4, -0.2) is 6.03 Å². The van der Waals surface area contributed by atoms with Gasteiger partial charge in [-0.3, -0.25) is 0 Å². The van der Waals surface area contributed by atoms with Gasteiger partial charge in [0.25, 0.3) is 0 Å². The van der Waals surface area contributed by atoms with Crippen molar-refractivity contribution in [2.75, 3.05) is 5.32 Å². The number of nitrogens with one attached hydrogen (secondary N) is 2. The maximum Gasteiger partial charge on any atom is 0.418 e. The number of amides is 2. The standard InChI is InChI=1S/C16H13F3N2O/c17-16(18,19)13-8-4-5-9-14(13)21-15(22)20-11-10-12-6-2-1-3-7-12/h1-11H,(H2,20,21,22)/b11-10+. The van der Waals surface area contributed by atoms with Gasteiger partial charge >= 0.3 is 12.2 Å². The Kier molecular flexibility index (Phi) is 4.83. The van der Waals surface area contributed by atoms with Crippen molar-refractivity contribution in [1.29, 1.82) is 0 Å². The zero-order valence-electron chi connectivity index (χ0n) is 11.4. The molecule has 0 aliphatic heterocycles. The van der Waals surface area contributed by atoms with Crippen LogP contribution < -0.4 is 10.6 Å². The second kappa shape index (κ2) is 6.80. The number of alkyl halides is 3. The van der Waals surface area contributed by atoms with Crippen LogP contribution in [0.1, 0.15) is 11.1 Å². The normalized spacial score (nSPS) is 11.4. The number of urea groups is 1. The van der Waals surface area contributed by atoms with Crippen molar-refractivity contribution in [3.05, 3.63) is 71.9 Å². The van der Waals surface area contributed by atoms with Gasteiger partial charge in [-0.1, -0.05) is 42.5 Å². The summed E-state index contributed by atoms with van der Waals surface area (Å²) in [5, 5.41) is 4.54. The molecule has 6 heteroatoms. The summed E-state index contributed by atoms with van der Waals surface area (Å²) in [7, 11) is 0. The van der Waals surface area contributed by atoms with E-state index >= 15 is 0 Å². The first-order valence-electron chi connectivity index (χ1n) is 6.42. The molecule has 2 N–H and O–H groups in total. The average molecular weight is 306 g/mol. The predicted molar refractivity (Wildman–Crippen MR) is 79.1 cm³/mol. The molecule has 0 aromatic heterocycles. The Bertz CT molecular complexity index is 667. The van der Waals surface area contributed by atoms with E-state index in [4.69, 9.17) is 0 Å². The van der Waals surface area contributed by atoms with Gasteiger partial charge in [-0.2, -0.15) is 13.2 Å². The van der Waals surface area contributed by atoms with Crippen LogP contribution in [0.5, 0.6) is 0 Å². The molecule has 0 atom stereocenters. The molecule has 0 spiro atoms. The summed E-state index contributed by atoms with van der Waals surface area (Å²) in [6.45, 7) is 0. The van der Waals surface area contributed by atoms with Gasteiger partial charge in [0.15, 0.2) is 0 Å². The highest BCUT2D eigenvalue weighted by molar-refractivity contribution is 5.91. The molecule has 0 saturated heterocycles. The van der Waals surface area contributed by atoms with Crippen LogP contribution in [0.2, 0.25) is 0 Å². The molecular formula is C16H13F3N2O. The minimum absolute atomic E-state index is 0.291. The Morgan fingerprint density at radius 3 is 2.27 bits per heavy atom. The van der Waals surface area contributed by atoms with Crippen LogP contribution in [0.25, 0.3) is 6.08 Å². The Labute approximate surface area is 125 Å². The van der Waals surface area contributed by atoms with Crippen molar-refractivity contribution in [2.45, 2.75) is 6.18 Å². The van der Waals surface area contributed by atoms with Gasteiger partial charge in [0.05, 0.1) is 11.3 Å². The highest BCUT2D eigenvalue weighted by atomic mass is 19.4. The summed E-state index contributed by atoms with van der Waals surface area (Å²) in [4.78, 5) is 11.6. The van der Waals surface area contributed by atoms with Crippen molar-refractivity contribution < 1.29 is 18.0 Å². The van der Waals surface area contributed by atoms with E-state index in [1.165, 1.54) is 24.4 Å². The number of carbonyl (C=O) groups excluding carboxylic acids is 1. The van der Waals surface area contributed by atoms with Gasteiger partial charge in [-0.15, -0.1) is 0 Å². The molecule has 2 aromatic carbocycles. The maximum atomic E-state index is 12.8. The summed E-state index contributed by atoms with van der Waals surface area (Å²) in [6.07, 6.45) is -1.53. The van der Waals surface area contributed by atoms with Crippen molar-refractivity contribution in [3.8, 4) is 0 Å². The van der Waals surface area contributed by atoms with Crippen molar-refractivity contribution in [3.63, 3.8) is 0 Å². The molecule has 0 fully saturated rings.